The monoisotopic (exact) mass is 320 g/mol. The molecule has 0 aliphatic heterocycles. The van der Waals surface area contributed by atoms with E-state index in [2.05, 4.69) is 31.0 Å². The van der Waals surface area contributed by atoms with Crippen LogP contribution in [0.5, 0.6) is 0 Å². The minimum Gasteiger partial charge on any atom is -0.220 e. The van der Waals surface area contributed by atoms with Crippen molar-refractivity contribution in [1.29, 1.82) is 0 Å². The highest BCUT2D eigenvalue weighted by Crippen LogP contribution is 2.28. The first-order valence-corrected chi connectivity index (χ1v) is 5.72. The fourth-order valence-electron chi connectivity index (χ4n) is 1.43. The standard InChI is InChI=1S/C10H8BrF3N4/c1-5-8(11)6(2)18(17-5)9-15-4-3-7(16-9)10(12,13)14/h3-4H,1-2H3. The molecular formula is C10H8BrF3N4. The number of aryl methyl sites for hydroxylation is 1. The van der Waals surface area contributed by atoms with Gasteiger partial charge < -0.3 is 0 Å². The lowest BCUT2D eigenvalue weighted by molar-refractivity contribution is -0.141. The van der Waals surface area contributed by atoms with Gasteiger partial charge in [-0.3, -0.25) is 0 Å². The molecule has 0 radical (unpaired) electrons. The van der Waals surface area contributed by atoms with Gasteiger partial charge in [0.2, 0.25) is 0 Å². The van der Waals surface area contributed by atoms with Crippen molar-refractivity contribution >= 4 is 15.9 Å². The van der Waals surface area contributed by atoms with E-state index in [4.69, 9.17) is 0 Å². The molecule has 18 heavy (non-hydrogen) atoms. The highest BCUT2D eigenvalue weighted by molar-refractivity contribution is 9.10. The average Bonchev–Trinajstić information content (AvgIpc) is 2.56. The Morgan fingerprint density at radius 1 is 1.28 bits per heavy atom. The summed E-state index contributed by atoms with van der Waals surface area (Å²) in [6.07, 6.45) is -3.43. The molecule has 4 nitrogen and oxygen atoms in total. The molecule has 2 rings (SSSR count). The van der Waals surface area contributed by atoms with Gasteiger partial charge in [0, 0.05) is 6.20 Å². The van der Waals surface area contributed by atoms with Crippen LogP contribution in [0.3, 0.4) is 0 Å². The van der Waals surface area contributed by atoms with E-state index in [0.717, 1.165) is 16.7 Å². The molecule has 0 N–H and O–H groups in total. The summed E-state index contributed by atoms with van der Waals surface area (Å²) >= 11 is 3.29. The zero-order valence-electron chi connectivity index (χ0n) is 9.46. The summed E-state index contributed by atoms with van der Waals surface area (Å²) in [6, 6.07) is 0.824. The van der Waals surface area contributed by atoms with Gasteiger partial charge in [-0.25, -0.2) is 14.6 Å². The van der Waals surface area contributed by atoms with Crippen LogP contribution in [0, 0.1) is 13.8 Å². The number of halogens is 4. The SMILES string of the molecule is Cc1nn(-c2nccc(C(F)(F)F)n2)c(C)c1Br. The quantitative estimate of drug-likeness (QED) is 0.811. The van der Waals surface area contributed by atoms with E-state index in [0.29, 0.717) is 11.4 Å². The fourth-order valence-corrected chi connectivity index (χ4v) is 1.67. The molecule has 0 aliphatic carbocycles. The van der Waals surface area contributed by atoms with Crippen LogP contribution in [0.1, 0.15) is 17.1 Å². The second-order valence-electron chi connectivity index (χ2n) is 3.64. The zero-order chi connectivity index (χ0) is 13.5. The number of aromatic nitrogens is 4. The van der Waals surface area contributed by atoms with Crippen LogP contribution in [-0.4, -0.2) is 19.7 Å². The molecule has 0 fully saturated rings. The third-order valence-electron chi connectivity index (χ3n) is 2.33. The van der Waals surface area contributed by atoms with Crippen LogP contribution in [0.4, 0.5) is 13.2 Å². The van der Waals surface area contributed by atoms with E-state index in [1.807, 2.05) is 0 Å². The summed E-state index contributed by atoms with van der Waals surface area (Å²) in [5.41, 5.74) is 0.316. The van der Waals surface area contributed by atoms with Crippen LogP contribution < -0.4 is 0 Å². The third-order valence-corrected chi connectivity index (χ3v) is 3.47. The van der Waals surface area contributed by atoms with Gasteiger partial charge in [0.15, 0.2) is 0 Å². The van der Waals surface area contributed by atoms with Crippen LogP contribution in [0.2, 0.25) is 0 Å². The van der Waals surface area contributed by atoms with Crippen molar-refractivity contribution < 1.29 is 13.2 Å². The van der Waals surface area contributed by atoms with Gasteiger partial charge in [0.1, 0.15) is 5.69 Å². The van der Waals surface area contributed by atoms with E-state index >= 15 is 0 Å². The van der Waals surface area contributed by atoms with Gasteiger partial charge in [0.25, 0.3) is 5.95 Å². The van der Waals surface area contributed by atoms with E-state index in [1.165, 1.54) is 4.68 Å². The number of hydrogen-bond acceptors (Lipinski definition) is 3. The first-order valence-electron chi connectivity index (χ1n) is 4.93. The number of rotatable bonds is 1. The molecule has 96 valence electrons. The van der Waals surface area contributed by atoms with Crippen LogP contribution in [-0.2, 0) is 6.18 Å². The Labute approximate surface area is 109 Å². The zero-order valence-corrected chi connectivity index (χ0v) is 11.0. The summed E-state index contributed by atoms with van der Waals surface area (Å²) in [5, 5.41) is 4.08. The molecule has 0 aromatic carbocycles. The molecule has 0 unspecified atom stereocenters. The number of alkyl halides is 3. The van der Waals surface area contributed by atoms with Gasteiger partial charge in [0.05, 0.1) is 15.9 Å². The van der Waals surface area contributed by atoms with E-state index in [9.17, 15) is 13.2 Å². The molecule has 0 amide bonds. The highest BCUT2D eigenvalue weighted by Gasteiger charge is 2.33. The first kappa shape index (κ1) is 13.0. The fraction of sp³-hybridized carbons (Fsp3) is 0.300. The molecule has 0 saturated heterocycles. The molecule has 2 aromatic heterocycles. The van der Waals surface area contributed by atoms with Crippen molar-refractivity contribution in [1.82, 2.24) is 19.7 Å². The number of hydrogen-bond donors (Lipinski definition) is 0. The topological polar surface area (TPSA) is 43.6 Å². The van der Waals surface area contributed by atoms with E-state index < -0.39 is 11.9 Å². The summed E-state index contributed by atoms with van der Waals surface area (Å²) in [5.74, 6) is -0.101. The Kier molecular flexibility index (Phi) is 3.14. The molecule has 0 atom stereocenters. The second kappa shape index (κ2) is 4.34. The predicted octanol–water partition coefficient (Wildman–Crippen LogP) is 3.06. The molecule has 0 spiro atoms. The lowest BCUT2D eigenvalue weighted by Gasteiger charge is -2.07. The molecule has 2 aromatic rings. The van der Waals surface area contributed by atoms with Crippen molar-refractivity contribution in [2.75, 3.05) is 0 Å². The third kappa shape index (κ3) is 2.24. The summed E-state index contributed by atoms with van der Waals surface area (Å²) in [4.78, 5) is 7.28. The lowest BCUT2D eigenvalue weighted by atomic mass is 10.4. The smallest absolute Gasteiger partial charge is 0.220 e. The Balaban J connectivity index is 2.55. The Bertz CT molecular complexity index is 591. The van der Waals surface area contributed by atoms with Gasteiger partial charge in [-0.1, -0.05) is 0 Å². The Morgan fingerprint density at radius 3 is 2.44 bits per heavy atom. The Hall–Kier alpha value is -1.44. The maximum atomic E-state index is 12.5. The van der Waals surface area contributed by atoms with Gasteiger partial charge in [-0.15, -0.1) is 0 Å². The van der Waals surface area contributed by atoms with Crippen molar-refractivity contribution in [3.63, 3.8) is 0 Å². The molecule has 0 saturated carbocycles. The van der Waals surface area contributed by atoms with E-state index in [-0.39, 0.29) is 5.95 Å². The maximum absolute atomic E-state index is 12.5. The molecule has 8 heteroatoms. The summed E-state index contributed by atoms with van der Waals surface area (Å²) in [7, 11) is 0. The minimum atomic E-state index is -4.50. The van der Waals surface area contributed by atoms with Crippen LogP contribution in [0.25, 0.3) is 5.95 Å². The number of nitrogens with zero attached hydrogens (tertiary/aromatic N) is 4. The van der Waals surface area contributed by atoms with E-state index in [1.54, 1.807) is 13.8 Å². The van der Waals surface area contributed by atoms with Gasteiger partial charge in [-0.2, -0.15) is 18.3 Å². The summed E-state index contributed by atoms with van der Waals surface area (Å²) < 4.78 is 39.6. The molecular weight excluding hydrogens is 313 g/mol. The molecule has 0 bridgehead atoms. The van der Waals surface area contributed by atoms with Gasteiger partial charge >= 0.3 is 6.18 Å². The van der Waals surface area contributed by atoms with Crippen LogP contribution in [0.15, 0.2) is 16.7 Å². The largest absolute Gasteiger partial charge is 0.433 e. The predicted molar refractivity (Wildman–Crippen MR) is 61.3 cm³/mol. The van der Waals surface area contributed by atoms with Crippen molar-refractivity contribution in [2.45, 2.75) is 20.0 Å². The van der Waals surface area contributed by atoms with Crippen molar-refractivity contribution in [2.24, 2.45) is 0 Å². The maximum Gasteiger partial charge on any atom is 0.433 e. The summed E-state index contributed by atoms with van der Waals surface area (Å²) in [6.45, 7) is 3.45. The average molecular weight is 321 g/mol. The van der Waals surface area contributed by atoms with Crippen LogP contribution >= 0.6 is 15.9 Å². The highest BCUT2D eigenvalue weighted by atomic mass is 79.9. The minimum absolute atomic E-state index is 0.101. The van der Waals surface area contributed by atoms with Gasteiger partial charge in [-0.05, 0) is 35.8 Å². The Morgan fingerprint density at radius 2 is 1.94 bits per heavy atom. The van der Waals surface area contributed by atoms with Crippen molar-refractivity contribution in [3.05, 3.63) is 33.8 Å². The normalized spacial score (nSPS) is 11.9. The molecule has 2 heterocycles. The second-order valence-corrected chi connectivity index (χ2v) is 4.43. The van der Waals surface area contributed by atoms with Crippen molar-refractivity contribution in [3.8, 4) is 5.95 Å². The molecule has 0 aliphatic rings. The lowest BCUT2D eigenvalue weighted by Crippen LogP contribution is -2.12. The first-order chi connectivity index (χ1) is 8.30.